The molecule has 0 saturated heterocycles. The highest BCUT2D eigenvalue weighted by Crippen LogP contribution is 2.40. The smallest absolute Gasteiger partial charge is 0.160 e. The van der Waals surface area contributed by atoms with Crippen LogP contribution < -0.4 is 0 Å². The molecule has 2 aromatic heterocycles. The molecule has 0 unspecified atom stereocenters. The van der Waals surface area contributed by atoms with E-state index in [2.05, 4.69) is 145 Å². The summed E-state index contributed by atoms with van der Waals surface area (Å²) in [7, 11) is 0. The monoisotopic (exact) mass is 585 g/mol. The quantitative estimate of drug-likeness (QED) is 0.189. The van der Waals surface area contributed by atoms with E-state index in [-0.39, 0.29) is 0 Å². The van der Waals surface area contributed by atoms with Crippen LogP contribution in [0.5, 0.6) is 0 Å². The molecule has 0 bridgehead atoms. The summed E-state index contributed by atoms with van der Waals surface area (Å²) in [6, 6.07) is 53.6. The Hall–Kier alpha value is -6.19. The Balaban J connectivity index is 1.28. The number of aromatic nitrogens is 3. The first-order valence-corrected chi connectivity index (χ1v) is 15.5. The van der Waals surface area contributed by atoms with E-state index in [0.29, 0.717) is 5.82 Å². The van der Waals surface area contributed by atoms with Crippen LogP contribution in [0.4, 0.5) is 0 Å². The van der Waals surface area contributed by atoms with Gasteiger partial charge in [-0.05, 0) is 73.3 Å². The fourth-order valence-corrected chi connectivity index (χ4v) is 6.68. The van der Waals surface area contributed by atoms with E-state index >= 15 is 0 Å². The maximum atomic E-state index is 5.28. The van der Waals surface area contributed by atoms with Gasteiger partial charge in [0.2, 0.25) is 0 Å². The Morgan fingerprint density at radius 3 is 1.78 bits per heavy atom. The minimum absolute atomic E-state index is 0.697. The second-order valence-electron chi connectivity index (χ2n) is 11.7. The van der Waals surface area contributed by atoms with Gasteiger partial charge in [0.25, 0.3) is 0 Å². The van der Waals surface area contributed by atoms with E-state index < -0.39 is 0 Å². The highest BCUT2D eigenvalue weighted by atomic mass is 14.9. The van der Waals surface area contributed by atoms with Crippen molar-refractivity contribution in [3.8, 4) is 56.2 Å². The predicted octanol–water partition coefficient (Wildman–Crippen LogP) is 11.1. The predicted molar refractivity (Wildman–Crippen MR) is 191 cm³/mol. The zero-order valence-electron chi connectivity index (χ0n) is 24.9. The van der Waals surface area contributed by atoms with Crippen LogP contribution in [-0.2, 0) is 0 Å². The third-order valence-corrected chi connectivity index (χ3v) is 8.91. The van der Waals surface area contributed by atoms with Crippen LogP contribution in [-0.4, -0.2) is 15.0 Å². The summed E-state index contributed by atoms with van der Waals surface area (Å²) in [6.45, 7) is 0. The second-order valence-corrected chi connectivity index (χ2v) is 11.7. The van der Waals surface area contributed by atoms with Crippen molar-refractivity contribution in [1.82, 2.24) is 15.0 Å². The Bertz CT molecular complexity index is 2400. The molecule has 0 saturated carbocycles. The molecule has 0 aliphatic carbocycles. The third-order valence-electron chi connectivity index (χ3n) is 8.91. The molecule has 0 aliphatic heterocycles. The molecule has 0 radical (unpaired) electrons. The SMILES string of the molecule is c1ccc(-c2cccc(-c3nc(-c4cccc(-c5cccnc5)c4)cc(-c4ccc5ccc6cccc7ccc4c5c67)n3)c2)cc1. The largest absolute Gasteiger partial charge is 0.264 e. The van der Waals surface area contributed by atoms with Crippen molar-refractivity contribution in [1.29, 1.82) is 0 Å². The van der Waals surface area contributed by atoms with Crippen molar-refractivity contribution in [2.45, 2.75) is 0 Å². The van der Waals surface area contributed by atoms with Gasteiger partial charge >= 0.3 is 0 Å². The summed E-state index contributed by atoms with van der Waals surface area (Å²) < 4.78 is 0. The molecular weight excluding hydrogens is 558 g/mol. The lowest BCUT2D eigenvalue weighted by atomic mass is 9.91. The Morgan fingerprint density at radius 2 is 0.978 bits per heavy atom. The van der Waals surface area contributed by atoms with Gasteiger partial charge in [0.05, 0.1) is 11.4 Å². The van der Waals surface area contributed by atoms with E-state index in [1.165, 1.54) is 32.3 Å². The van der Waals surface area contributed by atoms with Crippen LogP contribution in [0.15, 0.2) is 164 Å². The Morgan fingerprint density at radius 1 is 0.370 bits per heavy atom. The lowest BCUT2D eigenvalue weighted by Crippen LogP contribution is -1.97. The highest BCUT2D eigenvalue weighted by Gasteiger charge is 2.16. The number of hydrogen-bond donors (Lipinski definition) is 0. The molecule has 3 nitrogen and oxygen atoms in total. The zero-order valence-corrected chi connectivity index (χ0v) is 24.9. The summed E-state index contributed by atoms with van der Waals surface area (Å²) in [6.07, 6.45) is 3.70. The van der Waals surface area contributed by atoms with E-state index in [1.54, 1.807) is 6.20 Å². The Kier molecular flexibility index (Phi) is 6.14. The maximum absolute atomic E-state index is 5.28. The minimum Gasteiger partial charge on any atom is -0.264 e. The lowest BCUT2D eigenvalue weighted by Gasteiger charge is -2.15. The molecule has 0 amide bonds. The van der Waals surface area contributed by atoms with Gasteiger partial charge in [-0.2, -0.15) is 0 Å². The molecule has 7 aromatic carbocycles. The van der Waals surface area contributed by atoms with Crippen molar-refractivity contribution in [2.24, 2.45) is 0 Å². The average molecular weight is 586 g/mol. The molecule has 0 atom stereocenters. The summed E-state index contributed by atoms with van der Waals surface area (Å²) in [5, 5.41) is 7.51. The van der Waals surface area contributed by atoms with E-state index in [4.69, 9.17) is 9.97 Å². The second kappa shape index (κ2) is 10.8. The number of hydrogen-bond acceptors (Lipinski definition) is 3. The molecule has 46 heavy (non-hydrogen) atoms. The zero-order chi connectivity index (χ0) is 30.5. The van der Waals surface area contributed by atoms with E-state index in [9.17, 15) is 0 Å². The fraction of sp³-hybridized carbons (Fsp3) is 0. The molecule has 0 N–H and O–H groups in total. The van der Waals surface area contributed by atoms with Crippen molar-refractivity contribution >= 4 is 32.3 Å². The summed E-state index contributed by atoms with van der Waals surface area (Å²) in [5.41, 5.74) is 9.34. The van der Waals surface area contributed by atoms with Crippen molar-refractivity contribution < 1.29 is 0 Å². The number of rotatable bonds is 5. The van der Waals surface area contributed by atoms with Gasteiger partial charge in [-0.15, -0.1) is 0 Å². The molecule has 214 valence electrons. The van der Waals surface area contributed by atoms with Crippen LogP contribution >= 0.6 is 0 Å². The van der Waals surface area contributed by atoms with Gasteiger partial charge in [-0.1, -0.05) is 127 Å². The molecular formula is C43H27N3. The summed E-state index contributed by atoms with van der Waals surface area (Å²) in [5.74, 6) is 0.697. The molecule has 0 spiro atoms. The standard InChI is InChI=1S/C43H27N3/c1-2-8-28(9-3-1)32-12-6-15-35(25-32)43-45-39(34-14-5-13-33(24-34)36-16-7-23-44-27-36)26-40(46-43)37-21-19-31-18-17-29-10-4-11-30-20-22-38(37)42(31)41(29)30/h1-27H. The van der Waals surface area contributed by atoms with Gasteiger partial charge in [0, 0.05) is 34.6 Å². The van der Waals surface area contributed by atoms with Gasteiger partial charge in [0.1, 0.15) is 0 Å². The Labute approximate surface area is 266 Å². The molecule has 9 rings (SSSR count). The van der Waals surface area contributed by atoms with Gasteiger partial charge in [-0.25, -0.2) is 9.97 Å². The molecule has 2 heterocycles. The highest BCUT2D eigenvalue weighted by molar-refractivity contribution is 6.25. The first-order chi connectivity index (χ1) is 22.8. The summed E-state index contributed by atoms with van der Waals surface area (Å²) >= 11 is 0. The van der Waals surface area contributed by atoms with Gasteiger partial charge in [0.15, 0.2) is 5.82 Å². The molecule has 0 fully saturated rings. The van der Waals surface area contributed by atoms with Crippen molar-refractivity contribution in [3.63, 3.8) is 0 Å². The van der Waals surface area contributed by atoms with E-state index in [1.807, 2.05) is 18.3 Å². The first kappa shape index (κ1) is 26.2. The molecule has 0 aliphatic rings. The van der Waals surface area contributed by atoms with Crippen LogP contribution in [0.3, 0.4) is 0 Å². The van der Waals surface area contributed by atoms with Crippen LogP contribution in [0.1, 0.15) is 0 Å². The number of benzene rings is 7. The number of nitrogens with zero attached hydrogens (tertiary/aromatic N) is 3. The normalized spacial score (nSPS) is 11.5. The topological polar surface area (TPSA) is 38.7 Å². The van der Waals surface area contributed by atoms with Crippen LogP contribution in [0, 0.1) is 0 Å². The number of pyridine rings is 1. The van der Waals surface area contributed by atoms with Crippen LogP contribution in [0.2, 0.25) is 0 Å². The van der Waals surface area contributed by atoms with Crippen LogP contribution in [0.25, 0.3) is 88.5 Å². The average Bonchev–Trinajstić information content (AvgIpc) is 3.14. The first-order valence-electron chi connectivity index (χ1n) is 15.5. The summed E-state index contributed by atoms with van der Waals surface area (Å²) in [4.78, 5) is 14.8. The van der Waals surface area contributed by atoms with Crippen molar-refractivity contribution in [2.75, 3.05) is 0 Å². The lowest BCUT2D eigenvalue weighted by molar-refractivity contribution is 1.19. The van der Waals surface area contributed by atoms with E-state index in [0.717, 1.165) is 50.3 Å². The van der Waals surface area contributed by atoms with Gasteiger partial charge < -0.3 is 0 Å². The van der Waals surface area contributed by atoms with Crippen molar-refractivity contribution in [3.05, 3.63) is 164 Å². The maximum Gasteiger partial charge on any atom is 0.160 e. The third kappa shape index (κ3) is 4.49. The minimum atomic E-state index is 0.697. The molecule has 9 aromatic rings. The fourth-order valence-electron chi connectivity index (χ4n) is 6.68. The molecule has 3 heteroatoms. The van der Waals surface area contributed by atoms with Gasteiger partial charge in [-0.3, -0.25) is 4.98 Å².